The maximum atomic E-state index is 11.2. The molecule has 0 saturated carbocycles. The van der Waals surface area contributed by atoms with Gasteiger partial charge in [0.1, 0.15) is 0 Å². The number of esters is 1. The van der Waals surface area contributed by atoms with E-state index in [0.29, 0.717) is 19.4 Å². The van der Waals surface area contributed by atoms with Crippen molar-refractivity contribution in [3.05, 3.63) is 22.1 Å². The number of nitrogens with zero attached hydrogens (tertiary/aromatic N) is 2. The lowest BCUT2D eigenvalue weighted by atomic mass is 10.2. The van der Waals surface area contributed by atoms with Gasteiger partial charge in [0.25, 0.3) is 0 Å². The van der Waals surface area contributed by atoms with E-state index < -0.39 is 0 Å². The number of hydrogen-bond donors (Lipinski definition) is 0. The molecule has 0 amide bonds. The monoisotopic (exact) mass is 282 g/mol. The van der Waals surface area contributed by atoms with Crippen molar-refractivity contribution >= 4 is 28.6 Å². The highest BCUT2D eigenvalue weighted by Gasteiger charge is 2.10. The summed E-state index contributed by atoms with van der Waals surface area (Å²) < 4.78 is 4.88. The number of thiazole rings is 2. The van der Waals surface area contributed by atoms with Gasteiger partial charge in [0.15, 0.2) is 10.0 Å². The highest BCUT2D eigenvalue weighted by Crippen LogP contribution is 2.27. The summed E-state index contributed by atoms with van der Waals surface area (Å²) in [7, 11) is 0. The number of hydrogen-bond acceptors (Lipinski definition) is 6. The van der Waals surface area contributed by atoms with E-state index >= 15 is 0 Å². The lowest BCUT2D eigenvalue weighted by molar-refractivity contribution is -0.143. The SMILES string of the molecule is CCOC(=O)CCc1csc(-c2nc(C)cs2)n1. The molecule has 6 heteroatoms. The van der Waals surface area contributed by atoms with Gasteiger partial charge in [-0.2, -0.15) is 0 Å². The molecule has 0 N–H and O–H groups in total. The molecule has 2 aromatic heterocycles. The summed E-state index contributed by atoms with van der Waals surface area (Å²) in [5.41, 5.74) is 1.94. The Kier molecular flexibility index (Phi) is 4.43. The fraction of sp³-hybridized carbons (Fsp3) is 0.417. The van der Waals surface area contributed by atoms with Crippen molar-refractivity contribution < 1.29 is 9.53 Å². The molecule has 4 nitrogen and oxygen atoms in total. The van der Waals surface area contributed by atoms with Gasteiger partial charge in [-0.05, 0) is 13.8 Å². The Balaban J connectivity index is 1.96. The third-order valence-corrected chi connectivity index (χ3v) is 4.24. The highest BCUT2D eigenvalue weighted by molar-refractivity contribution is 7.19. The predicted octanol–water partition coefficient (Wildman–Crippen LogP) is 3.07. The molecule has 0 aliphatic rings. The quantitative estimate of drug-likeness (QED) is 0.791. The van der Waals surface area contributed by atoms with Gasteiger partial charge in [0.2, 0.25) is 0 Å². The molecule has 0 radical (unpaired) electrons. The molecule has 2 rings (SSSR count). The van der Waals surface area contributed by atoms with Crippen molar-refractivity contribution in [1.82, 2.24) is 9.97 Å². The summed E-state index contributed by atoms with van der Waals surface area (Å²) in [4.78, 5) is 20.1. The summed E-state index contributed by atoms with van der Waals surface area (Å²) in [6.07, 6.45) is 1.01. The summed E-state index contributed by atoms with van der Waals surface area (Å²) in [5.74, 6) is -0.169. The van der Waals surface area contributed by atoms with E-state index in [-0.39, 0.29) is 5.97 Å². The molecule has 0 fully saturated rings. The molecule has 2 aromatic rings. The normalized spacial score (nSPS) is 10.6. The lowest BCUT2D eigenvalue weighted by Gasteiger charge is -1.98. The summed E-state index contributed by atoms with van der Waals surface area (Å²) >= 11 is 3.16. The Morgan fingerprint density at radius 3 is 2.67 bits per heavy atom. The molecule has 18 heavy (non-hydrogen) atoms. The third-order valence-electron chi connectivity index (χ3n) is 2.24. The van der Waals surface area contributed by atoms with E-state index in [2.05, 4.69) is 9.97 Å². The molecule has 0 aromatic carbocycles. The third kappa shape index (κ3) is 3.36. The van der Waals surface area contributed by atoms with Crippen molar-refractivity contribution in [2.75, 3.05) is 6.61 Å². The van der Waals surface area contributed by atoms with E-state index in [9.17, 15) is 4.79 Å². The maximum Gasteiger partial charge on any atom is 0.306 e. The molecule has 0 unspecified atom stereocenters. The summed E-state index contributed by atoms with van der Waals surface area (Å²) in [6, 6.07) is 0. The molecule has 0 spiro atoms. The fourth-order valence-electron chi connectivity index (χ4n) is 1.44. The van der Waals surface area contributed by atoms with Crippen LogP contribution in [0, 0.1) is 6.92 Å². The second kappa shape index (κ2) is 6.06. The Hall–Kier alpha value is -1.27. The molecule has 2 heterocycles. The second-order valence-corrected chi connectivity index (χ2v) is 5.46. The van der Waals surface area contributed by atoms with E-state index in [4.69, 9.17) is 4.74 Å². The number of aryl methyl sites for hydroxylation is 2. The Morgan fingerprint density at radius 2 is 2.00 bits per heavy atom. The first-order chi connectivity index (χ1) is 8.69. The zero-order valence-corrected chi connectivity index (χ0v) is 11.9. The van der Waals surface area contributed by atoms with Crippen LogP contribution < -0.4 is 0 Å². The van der Waals surface area contributed by atoms with Crippen LogP contribution in [0.4, 0.5) is 0 Å². The molecule has 0 bridgehead atoms. The zero-order valence-electron chi connectivity index (χ0n) is 10.3. The largest absolute Gasteiger partial charge is 0.466 e. The number of rotatable bonds is 5. The van der Waals surface area contributed by atoms with Gasteiger partial charge in [-0.15, -0.1) is 22.7 Å². The standard InChI is InChI=1S/C12H14N2O2S2/c1-3-16-10(15)5-4-9-7-18-12(14-9)11-13-8(2)6-17-11/h6-7H,3-5H2,1-2H3. The maximum absolute atomic E-state index is 11.2. The van der Waals surface area contributed by atoms with Crippen LogP contribution in [0.2, 0.25) is 0 Å². The first kappa shape index (κ1) is 13.2. The van der Waals surface area contributed by atoms with Gasteiger partial charge in [-0.25, -0.2) is 9.97 Å². The van der Waals surface area contributed by atoms with Crippen LogP contribution >= 0.6 is 22.7 Å². The fourth-order valence-corrected chi connectivity index (χ4v) is 3.14. The molecule has 0 aliphatic carbocycles. The minimum atomic E-state index is -0.169. The van der Waals surface area contributed by atoms with E-state index in [1.54, 1.807) is 22.7 Å². The molecule has 0 atom stereocenters. The van der Waals surface area contributed by atoms with Gasteiger partial charge in [0.05, 0.1) is 18.7 Å². The molecular weight excluding hydrogens is 268 g/mol. The van der Waals surface area contributed by atoms with Crippen molar-refractivity contribution in [3.63, 3.8) is 0 Å². The number of ether oxygens (including phenoxy) is 1. The van der Waals surface area contributed by atoms with Crippen molar-refractivity contribution in [2.24, 2.45) is 0 Å². The van der Waals surface area contributed by atoms with Crippen LogP contribution in [-0.4, -0.2) is 22.5 Å². The van der Waals surface area contributed by atoms with Crippen LogP contribution in [0.3, 0.4) is 0 Å². The van der Waals surface area contributed by atoms with Crippen LogP contribution in [0.5, 0.6) is 0 Å². The lowest BCUT2D eigenvalue weighted by Crippen LogP contribution is -2.05. The van der Waals surface area contributed by atoms with Gasteiger partial charge >= 0.3 is 5.97 Å². The number of carbonyl (C=O) groups is 1. The highest BCUT2D eigenvalue weighted by atomic mass is 32.1. The van der Waals surface area contributed by atoms with E-state index in [0.717, 1.165) is 21.4 Å². The van der Waals surface area contributed by atoms with Crippen molar-refractivity contribution in [2.45, 2.75) is 26.7 Å². The number of aromatic nitrogens is 2. The average molecular weight is 282 g/mol. The van der Waals surface area contributed by atoms with Crippen LogP contribution in [0.25, 0.3) is 10.0 Å². The van der Waals surface area contributed by atoms with Crippen LogP contribution in [0.1, 0.15) is 24.7 Å². The molecule has 0 saturated heterocycles. The first-order valence-electron chi connectivity index (χ1n) is 5.71. The smallest absolute Gasteiger partial charge is 0.306 e. The van der Waals surface area contributed by atoms with E-state index in [1.165, 1.54) is 0 Å². The van der Waals surface area contributed by atoms with Gasteiger partial charge in [-0.3, -0.25) is 4.79 Å². The first-order valence-corrected chi connectivity index (χ1v) is 7.47. The minimum absolute atomic E-state index is 0.169. The zero-order chi connectivity index (χ0) is 13.0. The summed E-state index contributed by atoms with van der Waals surface area (Å²) in [5, 5.41) is 5.85. The molecule has 96 valence electrons. The molecular formula is C12H14N2O2S2. The van der Waals surface area contributed by atoms with Crippen molar-refractivity contribution in [1.29, 1.82) is 0 Å². The predicted molar refractivity (Wildman–Crippen MR) is 72.9 cm³/mol. The average Bonchev–Trinajstić information content (AvgIpc) is 2.95. The molecule has 0 aliphatic heterocycles. The van der Waals surface area contributed by atoms with Gasteiger partial charge < -0.3 is 4.74 Å². The number of carbonyl (C=O) groups excluding carboxylic acids is 1. The topological polar surface area (TPSA) is 52.1 Å². The minimum Gasteiger partial charge on any atom is -0.466 e. The van der Waals surface area contributed by atoms with Gasteiger partial charge in [-0.1, -0.05) is 0 Å². The summed E-state index contributed by atoms with van der Waals surface area (Å²) in [6.45, 7) is 4.21. The Bertz CT molecular complexity index is 534. The Morgan fingerprint density at radius 1 is 1.28 bits per heavy atom. The second-order valence-electron chi connectivity index (χ2n) is 3.74. The van der Waals surface area contributed by atoms with E-state index in [1.807, 2.05) is 24.6 Å². The van der Waals surface area contributed by atoms with Crippen molar-refractivity contribution in [3.8, 4) is 10.0 Å². The van der Waals surface area contributed by atoms with Crippen LogP contribution in [-0.2, 0) is 16.0 Å². The Labute approximate surface area is 114 Å². The van der Waals surface area contributed by atoms with Crippen LogP contribution in [0.15, 0.2) is 10.8 Å². The van der Waals surface area contributed by atoms with Gasteiger partial charge in [0, 0.05) is 22.9 Å².